The van der Waals surface area contributed by atoms with Crippen LogP contribution in [0.1, 0.15) is 31.9 Å². The number of hydrogen-bond donors (Lipinski definition) is 2. The minimum atomic E-state index is -0.295. The van der Waals surface area contributed by atoms with Crippen LogP contribution in [0.15, 0.2) is 36.4 Å². The smallest absolute Gasteiger partial charge is 0.258 e. The zero-order valence-electron chi connectivity index (χ0n) is 19.7. The van der Waals surface area contributed by atoms with E-state index >= 15 is 0 Å². The van der Waals surface area contributed by atoms with Crippen LogP contribution in [0.5, 0.6) is 23.0 Å². The molecule has 2 aromatic rings. The molecule has 0 radical (unpaired) electrons. The molecule has 178 valence electrons. The number of benzene rings is 2. The van der Waals surface area contributed by atoms with Gasteiger partial charge in [-0.05, 0) is 69.1 Å². The molecule has 0 heterocycles. The van der Waals surface area contributed by atoms with Crippen LogP contribution in [0.2, 0.25) is 0 Å². The average Bonchev–Trinajstić information content (AvgIpc) is 2.74. The summed E-state index contributed by atoms with van der Waals surface area (Å²) < 4.78 is 21.7. The predicted octanol–water partition coefficient (Wildman–Crippen LogP) is 3.76. The zero-order valence-corrected chi connectivity index (χ0v) is 20.6. The molecule has 1 amide bonds. The lowest BCUT2D eigenvalue weighted by atomic mass is 10.1. The van der Waals surface area contributed by atoms with Gasteiger partial charge in [0.2, 0.25) is 0 Å². The number of rotatable bonds is 11. The molecule has 0 bridgehead atoms. The summed E-state index contributed by atoms with van der Waals surface area (Å²) in [5.74, 6) is 2.43. The second-order valence-corrected chi connectivity index (χ2v) is 8.19. The lowest BCUT2D eigenvalue weighted by molar-refractivity contribution is -0.124. The van der Waals surface area contributed by atoms with Crippen molar-refractivity contribution in [3.63, 3.8) is 0 Å². The van der Waals surface area contributed by atoms with Gasteiger partial charge in [-0.15, -0.1) is 12.4 Å². The van der Waals surface area contributed by atoms with Crippen molar-refractivity contribution < 1.29 is 23.7 Å². The van der Waals surface area contributed by atoms with Crippen molar-refractivity contribution in [2.24, 2.45) is 0 Å². The highest BCUT2D eigenvalue weighted by Gasteiger charge is 2.15. The van der Waals surface area contributed by atoms with E-state index in [2.05, 4.69) is 10.6 Å². The molecule has 0 aliphatic carbocycles. The third-order valence-corrected chi connectivity index (χ3v) is 4.47. The monoisotopic (exact) mass is 466 g/mol. The first-order valence-corrected chi connectivity index (χ1v) is 10.3. The van der Waals surface area contributed by atoms with Gasteiger partial charge < -0.3 is 29.6 Å². The lowest BCUT2D eigenvalue weighted by Gasteiger charge is -2.20. The summed E-state index contributed by atoms with van der Waals surface area (Å²) in [6.45, 7) is 7.23. The van der Waals surface area contributed by atoms with Crippen LogP contribution in [0.4, 0.5) is 0 Å². The van der Waals surface area contributed by atoms with E-state index in [9.17, 15) is 4.79 Å². The highest BCUT2D eigenvalue weighted by atomic mass is 35.5. The molecule has 0 aliphatic rings. The number of methoxy groups -OCH3 is 3. The van der Waals surface area contributed by atoms with Gasteiger partial charge in [-0.2, -0.15) is 0 Å². The summed E-state index contributed by atoms with van der Waals surface area (Å²) >= 11 is 0. The topological polar surface area (TPSA) is 78.1 Å². The summed E-state index contributed by atoms with van der Waals surface area (Å²) in [5.41, 5.74) is 1.94. The van der Waals surface area contributed by atoms with Crippen LogP contribution >= 0.6 is 12.4 Å². The quantitative estimate of drug-likeness (QED) is 0.491. The highest BCUT2D eigenvalue weighted by Crippen LogP contribution is 2.29. The first-order chi connectivity index (χ1) is 14.8. The van der Waals surface area contributed by atoms with Crippen molar-refractivity contribution in [2.45, 2.75) is 39.3 Å². The summed E-state index contributed by atoms with van der Waals surface area (Å²) in [7, 11) is 4.85. The van der Waals surface area contributed by atoms with E-state index < -0.39 is 0 Å². The van der Waals surface area contributed by atoms with Crippen molar-refractivity contribution in [3.8, 4) is 23.0 Å². The Hall–Kier alpha value is -2.64. The van der Waals surface area contributed by atoms with E-state index in [0.717, 1.165) is 30.0 Å². The maximum Gasteiger partial charge on any atom is 0.258 e. The fourth-order valence-electron chi connectivity index (χ4n) is 3.04. The van der Waals surface area contributed by atoms with Gasteiger partial charge in [-0.3, -0.25) is 4.79 Å². The van der Waals surface area contributed by atoms with Gasteiger partial charge in [0.1, 0.15) is 0 Å². The second-order valence-electron chi connectivity index (χ2n) is 8.19. The molecule has 32 heavy (non-hydrogen) atoms. The molecular formula is C24H35ClN2O5. The van der Waals surface area contributed by atoms with E-state index in [1.807, 2.05) is 57.2 Å². The Morgan fingerprint density at radius 1 is 0.844 bits per heavy atom. The van der Waals surface area contributed by atoms with Crippen LogP contribution in [-0.2, 0) is 17.8 Å². The molecule has 0 saturated carbocycles. The number of carbonyl (C=O) groups is 1. The van der Waals surface area contributed by atoms with Crippen LogP contribution < -0.4 is 29.6 Å². The van der Waals surface area contributed by atoms with Gasteiger partial charge in [0, 0.05) is 12.1 Å². The van der Waals surface area contributed by atoms with Gasteiger partial charge in [-0.1, -0.05) is 12.1 Å². The molecule has 0 atom stereocenters. The SMILES string of the molecule is COc1ccc(CCNCc2ccc(OCC(=O)NC(C)(C)C)c(OC)c2)cc1OC.Cl. The van der Waals surface area contributed by atoms with Crippen LogP contribution in [0, 0.1) is 0 Å². The van der Waals surface area contributed by atoms with Crippen molar-refractivity contribution >= 4 is 18.3 Å². The Bertz CT molecular complexity index is 868. The Morgan fingerprint density at radius 2 is 1.41 bits per heavy atom. The molecule has 2 rings (SSSR count). The van der Waals surface area contributed by atoms with Gasteiger partial charge >= 0.3 is 0 Å². The first kappa shape index (κ1) is 27.4. The van der Waals surface area contributed by atoms with Crippen LogP contribution in [-0.4, -0.2) is 45.9 Å². The Balaban J connectivity index is 0.00000512. The number of halogens is 1. The molecule has 7 nitrogen and oxygen atoms in total. The van der Waals surface area contributed by atoms with Gasteiger partial charge in [0.25, 0.3) is 5.91 Å². The molecule has 0 aliphatic heterocycles. The van der Waals surface area contributed by atoms with Gasteiger partial charge in [0.05, 0.1) is 21.3 Å². The van der Waals surface area contributed by atoms with E-state index in [0.29, 0.717) is 18.0 Å². The standard InChI is InChI=1S/C24H34N2O5.ClH/c1-24(2,3)26-23(27)16-31-20-10-8-18(14-22(20)30-6)15-25-12-11-17-7-9-19(28-4)21(13-17)29-5;/h7-10,13-14,25H,11-12,15-16H2,1-6H3,(H,26,27);1H. The van der Waals surface area contributed by atoms with Gasteiger partial charge in [-0.25, -0.2) is 0 Å². The third kappa shape index (κ3) is 8.85. The van der Waals surface area contributed by atoms with Gasteiger partial charge in [0.15, 0.2) is 29.6 Å². The largest absolute Gasteiger partial charge is 0.493 e. The minimum absolute atomic E-state index is 0. The number of carbonyl (C=O) groups excluding carboxylic acids is 1. The molecule has 0 unspecified atom stereocenters. The molecule has 2 N–H and O–H groups in total. The van der Waals surface area contributed by atoms with Crippen molar-refractivity contribution in [1.29, 1.82) is 0 Å². The van der Waals surface area contributed by atoms with E-state index in [4.69, 9.17) is 18.9 Å². The second kappa shape index (κ2) is 13.0. The van der Waals surface area contributed by atoms with Crippen LogP contribution in [0.3, 0.4) is 0 Å². The number of ether oxygens (including phenoxy) is 4. The third-order valence-electron chi connectivity index (χ3n) is 4.47. The fourth-order valence-corrected chi connectivity index (χ4v) is 3.04. The average molecular weight is 467 g/mol. The number of hydrogen-bond acceptors (Lipinski definition) is 6. The van der Waals surface area contributed by atoms with E-state index in [-0.39, 0.29) is 30.5 Å². The summed E-state index contributed by atoms with van der Waals surface area (Å²) in [4.78, 5) is 12.0. The Morgan fingerprint density at radius 3 is 2.03 bits per heavy atom. The predicted molar refractivity (Wildman–Crippen MR) is 129 cm³/mol. The summed E-state index contributed by atoms with van der Waals surface area (Å²) in [6.07, 6.45) is 0.863. The highest BCUT2D eigenvalue weighted by molar-refractivity contribution is 5.85. The molecule has 2 aromatic carbocycles. The maximum absolute atomic E-state index is 12.0. The number of amides is 1. The molecule has 0 saturated heterocycles. The van der Waals surface area contributed by atoms with Crippen molar-refractivity contribution in [2.75, 3.05) is 34.5 Å². The molecule has 0 spiro atoms. The summed E-state index contributed by atoms with van der Waals surface area (Å²) in [6, 6.07) is 11.6. The van der Waals surface area contributed by atoms with Crippen molar-refractivity contribution in [3.05, 3.63) is 47.5 Å². The minimum Gasteiger partial charge on any atom is -0.493 e. The first-order valence-electron chi connectivity index (χ1n) is 10.3. The molecule has 0 fully saturated rings. The van der Waals surface area contributed by atoms with Crippen molar-refractivity contribution in [1.82, 2.24) is 10.6 Å². The zero-order chi connectivity index (χ0) is 22.9. The van der Waals surface area contributed by atoms with E-state index in [1.54, 1.807) is 21.3 Å². The maximum atomic E-state index is 12.0. The fraction of sp³-hybridized carbons (Fsp3) is 0.458. The Labute approximate surface area is 197 Å². The van der Waals surface area contributed by atoms with E-state index in [1.165, 1.54) is 5.56 Å². The number of nitrogens with one attached hydrogen (secondary N) is 2. The normalized spacial score (nSPS) is 10.7. The molecule has 8 heteroatoms. The summed E-state index contributed by atoms with van der Waals surface area (Å²) in [5, 5.41) is 6.30. The van der Waals surface area contributed by atoms with Crippen LogP contribution in [0.25, 0.3) is 0 Å². The lowest BCUT2D eigenvalue weighted by Crippen LogP contribution is -2.43. The molecular weight excluding hydrogens is 432 g/mol. The molecule has 0 aromatic heterocycles. The Kier molecular flexibility index (Phi) is 11.2.